The standard InChI is InChI=1S/C10H19N3O2/c1-7(5-11)10(15)13-4-3-9(6-13)12-8(2)14/h7,9H,3-6,11H2,1-2H3,(H,12,14). The summed E-state index contributed by atoms with van der Waals surface area (Å²) in [7, 11) is 0. The summed E-state index contributed by atoms with van der Waals surface area (Å²) in [6.07, 6.45) is 0.836. The van der Waals surface area contributed by atoms with Crippen molar-refractivity contribution >= 4 is 11.8 Å². The van der Waals surface area contributed by atoms with Crippen molar-refractivity contribution in [1.29, 1.82) is 0 Å². The molecule has 5 heteroatoms. The number of hydrogen-bond donors (Lipinski definition) is 2. The Bertz CT molecular complexity index is 255. The average molecular weight is 213 g/mol. The quantitative estimate of drug-likeness (QED) is 0.652. The molecule has 3 N–H and O–H groups in total. The van der Waals surface area contributed by atoms with Crippen LogP contribution in [-0.2, 0) is 9.59 Å². The van der Waals surface area contributed by atoms with E-state index in [0.29, 0.717) is 19.6 Å². The van der Waals surface area contributed by atoms with Crippen molar-refractivity contribution in [2.75, 3.05) is 19.6 Å². The molecule has 0 saturated carbocycles. The van der Waals surface area contributed by atoms with Crippen LogP contribution in [0.25, 0.3) is 0 Å². The fourth-order valence-corrected chi connectivity index (χ4v) is 1.78. The van der Waals surface area contributed by atoms with E-state index in [1.54, 1.807) is 4.90 Å². The molecule has 1 rings (SSSR count). The summed E-state index contributed by atoms with van der Waals surface area (Å²) in [5, 5.41) is 2.82. The van der Waals surface area contributed by atoms with Gasteiger partial charge in [0, 0.05) is 38.5 Å². The number of rotatable bonds is 3. The number of hydrogen-bond acceptors (Lipinski definition) is 3. The van der Waals surface area contributed by atoms with Crippen molar-refractivity contribution < 1.29 is 9.59 Å². The third-order valence-electron chi connectivity index (χ3n) is 2.68. The van der Waals surface area contributed by atoms with E-state index in [0.717, 1.165) is 6.42 Å². The summed E-state index contributed by atoms with van der Waals surface area (Å²) in [4.78, 5) is 24.3. The topological polar surface area (TPSA) is 75.4 Å². The molecular formula is C10H19N3O2. The summed E-state index contributed by atoms with van der Waals surface area (Å²) >= 11 is 0. The van der Waals surface area contributed by atoms with E-state index in [-0.39, 0.29) is 23.8 Å². The van der Waals surface area contributed by atoms with Gasteiger partial charge in [-0.05, 0) is 6.42 Å². The Hall–Kier alpha value is -1.10. The molecule has 0 radical (unpaired) electrons. The van der Waals surface area contributed by atoms with E-state index in [1.165, 1.54) is 6.92 Å². The van der Waals surface area contributed by atoms with Gasteiger partial charge in [0.05, 0.1) is 0 Å². The van der Waals surface area contributed by atoms with Crippen LogP contribution >= 0.6 is 0 Å². The second kappa shape index (κ2) is 5.11. The SMILES string of the molecule is CC(=O)NC1CCN(C(=O)C(C)CN)C1. The highest BCUT2D eigenvalue weighted by atomic mass is 16.2. The molecule has 5 nitrogen and oxygen atoms in total. The number of nitrogens with zero attached hydrogens (tertiary/aromatic N) is 1. The van der Waals surface area contributed by atoms with Crippen LogP contribution in [0.2, 0.25) is 0 Å². The molecule has 0 aliphatic carbocycles. The first-order valence-corrected chi connectivity index (χ1v) is 5.30. The van der Waals surface area contributed by atoms with Gasteiger partial charge in [0.2, 0.25) is 11.8 Å². The third-order valence-corrected chi connectivity index (χ3v) is 2.68. The van der Waals surface area contributed by atoms with E-state index in [1.807, 2.05) is 6.92 Å². The van der Waals surface area contributed by atoms with Gasteiger partial charge >= 0.3 is 0 Å². The number of nitrogens with one attached hydrogen (secondary N) is 1. The van der Waals surface area contributed by atoms with Gasteiger partial charge in [0.15, 0.2) is 0 Å². The van der Waals surface area contributed by atoms with Crippen LogP contribution < -0.4 is 11.1 Å². The number of carbonyl (C=O) groups excluding carboxylic acids is 2. The molecular weight excluding hydrogens is 194 g/mol. The molecule has 2 amide bonds. The van der Waals surface area contributed by atoms with Crippen molar-refractivity contribution in [3.05, 3.63) is 0 Å². The fraction of sp³-hybridized carbons (Fsp3) is 0.800. The molecule has 1 fully saturated rings. The summed E-state index contributed by atoms with van der Waals surface area (Å²) < 4.78 is 0. The normalized spacial score (nSPS) is 22.6. The average Bonchev–Trinajstić information content (AvgIpc) is 2.63. The number of nitrogens with two attached hydrogens (primary N) is 1. The highest BCUT2D eigenvalue weighted by molar-refractivity contribution is 5.79. The summed E-state index contributed by atoms with van der Waals surface area (Å²) in [6.45, 7) is 5.03. The molecule has 2 atom stereocenters. The number of amides is 2. The van der Waals surface area contributed by atoms with Gasteiger partial charge in [0.1, 0.15) is 0 Å². The van der Waals surface area contributed by atoms with Crippen LogP contribution in [0.15, 0.2) is 0 Å². The lowest BCUT2D eigenvalue weighted by molar-refractivity contribution is -0.133. The maximum atomic E-state index is 11.7. The minimum atomic E-state index is -0.124. The lowest BCUT2D eigenvalue weighted by Gasteiger charge is -2.20. The molecule has 0 aromatic carbocycles. The Morgan fingerprint density at radius 1 is 1.60 bits per heavy atom. The predicted octanol–water partition coefficient (Wildman–Crippen LogP) is -0.682. The summed E-state index contributed by atoms with van der Waals surface area (Å²) in [5.41, 5.74) is 5.44. The van der Waals surface area contributed by atoms with E-state index >= 15 is 0 Å². The Kier molecular flexibility index (Phi) is 4.08. The Morgan fingerprint density at radius 3 is 2.80 bits per heavy atom. The molecule has 15 heavy (non-hydrogen) atoms. The van der Waals surface area contributed by atoms with Crippen LogP contribution in [-0.4, -0.2) is 42.4 Å². The molecule has 0 spiro atoms. The smallest absolute Gasteiger partial charge is 0.226 e. The van der Waals surface area contributed by atoms with Crippen LogP contribution in [0.3, 0.4) is 0 Å². The second-order valence-electron chi connectivity index (χ2n) is 4.11. The highest BCUT2D eigenvalue weighted by Crippen LogP contribution is 2.12. The molecule has 1 aliphatic heterocycles. The van der Waals surface area contributed by atoms with Gasteiger partial charge in [-0.15, -0.1) is 0 Å². The van der Waals surface area contributed by atoms with Crippen molar-refractivity contribution in [2.24, 2.45) is 11.7 Å². The zero-order valence-electron chi connectivity index (χ0n) is 9.32. The third kappa shape index (κ3) is 3.20. The van der Waals surface area contributed by atoms with E-state index < -0.39 is 0 Å². The van der Waals surface area contributed by atoms with Crippen LogP contribution in [0.5, 0.6) is 0 Å². The van der Waals surface area contributed by atoms with Crippen molar-refractivity contribution in [3.63, 3.8) is 0 Å². The van der Waals surface area contributed by atoms with Gasteiger partial charge in [-0.3, -0.25) is 9.59 Å². The first-order valence-electron chi connectivity index (χ1n) is 5.30. The van der Waals surface area contributed by atoms with E-state index in [4.69, 9.17) is 5.73 Å². The van der Waals surface area contributed by atoms with Crippen LogP contribution in [0, 0.1) is 5.92 Å². The minimum Gasteiger partial charge on any atom is -0.352 e. The number of likely N-dealkylation sites (tertiary alicyclic amines) is 1. The zero-order chi connectivity index (χ0) is 11.4. The van der Waals surface area contributed by atoms with Crippen LogP contribution in [0.1, 0.15) is 20.3 Å². The molecule has 86 valence electrons. The largest absolute Gasteiger partial charge is 0.352 e. The van der Waals surface area contributed by atoms with Gasteiger partial charge < -0.3 is 16.0 Å². The molecule has 0 aromatic rings. The Morgan fingerprint density at radius 2 is 2.27 bits per heavy atom. The first kappa shape index (κ1) is 12.0. The zero-order valence-corrected chi connectivity index (χ0v) is 9.32. The van der Waals surface area contributed by atoms with E-state index in [9.17, 15) is 9.59 Å². The maximum Gasteiger partial charge on any atom is 0.226 e. The molecule has 0 bridgehead atoms. The molecule has 1 saturated heterocycles. The monoisotopic (exact) mass is 213 g/mol. The lowest BCUT2D eigenvalue weighted by atomic mass is 10.1. The second-order valence-corrected chi connectivity index (χ2v) is 4.11. The van der Waals surface area contributed by atoms with Crippen molar-refractivity contribution in [2.45, 2.75) is 26.3 Å². The lowest BCUT2D eigenvalue weighted by Crippen LogP contribution is -2.40. The molecule has 0 aromatic heterocycles. The summed E-state index contributed by atoms with van der Waals surface area (Å²) in [6, 6.07) is 0.108. The Labute approximate surface area is 90.0 Å². The van der Waals surface area contributed by atoms with Crippen molar-refractivity contribution in [3.8, 4) is 0 Å². The number of carbonyl (C=O) groups is 2. The van der Waals surface area contributed by atoms with Crippen molar-refractivity contribution in [1.82, 2.24) is 10.2 Å². The fourth-order valence-electron chi connectivity index (χ4n) is 1.78. The van der Waals surface area contributed by atoms with Gasteiger partial charge in [-0.1, -0.05) is 6.92 Å². The maximum absolute atomic E-state index is 11.7. The predicted molar refractivity (Wildman–Crippen MR) is 57.0 cm³/mol. The van der Waals surface area contributed by atoms with Gasteiger partial charge in [-0.2, -0.15) is 0 Å². The first-order chi connectivity index (χ1) is 7.04. The van der Waals surface area contributed by atoms with E-state index in [2.05, 4.69) is 5.32 Å². The highest BCUT2D eigenvalue weighted by Gasteiger charge is 2.28. The van der Waals surface area contributed by atoms with Crippen LogP contribution in [0.4, 0.5) is 0 Å². The minimum absolute atomic E-state index is 0.0406. The molecule has 2 unspecified atom stereocenters. The van der Waals surface area contributed by atoms with Gasteiger partial charge in [0.25, 0.3) is 0 Å². The van der Waals surface area contributed by atoms with Gasteiger partial charge in [-0.25, -0.2) is 0 Å². The summed E-state index contributed by atoms with van der Waals surface area (Å²) in [5.74, 6) is -0.0763. The molecule has 1 heterocycles. The molecule has 1 aliphatic rings. The Balaban J connectivity index is 2.42.